The third-order valence-corrected chi connectivity index (χ3v) is 3.01. The zero-order chi connectivity index (χ0) is 12.8. The normalized spacial score (nSPS) is 14.9. The number of carboxylic acid groups (broad SMARTS) is 1. The summed E-state index contributed by atoms with van der Waals surface area (Å²) >= 11 is 0. The molecular weight excluding hydrogens is 228 g/mol. The Morgan fingerprint density at radius 2 is 1.83 bits per heavy atom. The quantitative estimate of drug-likeness (QED) is 0.751. The summed E-state index contributed by atoms with van der Waals surface area (Å²) in [5.74, 6) is 0. The van der Waals surface area contributed by atoms with E-state index in [4.69, 9.17) is 5.11 Å². The van der Waals surface area contributed by atoms with Gasteiger partial charge in [0.2, 0.25) is 0 Å². The zero-order valence-electron chi connectivity index (χ0n) is 10.3. The van der Waals surface area contributed by atoms with Crippen LogP contribution >= 0.6 is 0 Å². The molecule has 3 rings (SSSR count). The molecule has 1 fully saturated rings. The highest BCUT2D eigenvalue weighted by atomic mass is 16.4. The van der Waals surface area contributed by atoms with Crippen molar-refractivity contribution < 1.29 is 9.90 Å². The van der Waals surface area contributed by atoms with Crippen LogP contribution in [0.25, 0.3) is 10.9 Å². The second kappa shape index (κ2) is 6.21. The maximum absolute atomic E-state index is 10.6. The number of nitrogens with zero attached hydrogens (tertiary/aromatic N) is 1. The Labute approximate surface area is 106 Å². The molecular formula is C14H18N2O2. The first-order valence-electron chi connectivity index (χ1n) is 6.29. The molecule has 2 N–H and O–H groups in total. The van der Waals surface area contributed by atoms with Gasteiger partial charge in [0, 0.05) is 11.6 Å². The standard InChI is InChI=1S/C9H7NO2.C5H11N/c11-9(12)10-6-5-7-3-1-2-4-8(7)10;1-2-4-6-5-3-1/h1-6H,(H,11,12);6H,1-5H2. The lowest BCUT2D eigenvalue weighted by molar-refractivity contribution is 0.197. The van der Waals surface area contributed by atoms with Crippen LogP contribution in [0.15, 0.2) is 36.5 Å². The van der Waals surface area contributed by atoms with Gasteiger partial charge < -0.3 is 10.4 Å². The number of rotatable bonds is 0. The summed E-state index contributed by atoms with van der Waals surface area (Å²) in [6, 6.07) is 9.15. The van der Waals surface area contributed by atoms with Crippen LogP contribution < -0.4 is 5.32 Å². The van der Waals surface area contributed by atoms with E-state index in [2.05, 4.69) is 5.32 Å². The van der Waals surface area contributed by atoms with E-state index < -0.39 is 6.09 Å². The van der Waals surface area contributed by atoms with Gasteiger partial charge in [0.1, 0.15) is 0 Å². The fraction of sp³-hybridized carbons (Fsp3) is 0.357. The van der Waals surface area contributed by atoms with E-state index in [1.165, 1.54) is 36.9 Å². The van der Waals surface area contributed by atoms with Gasteiger partial charge >= 0.3 is 6.09 Å². The Morgan fingerprint density at radius 3 is 2.39 bits per heavy atom. The van der Waals surface area contributed by atoms with Crippen molar-refractivity contribution in [2.45, 2.75) is 19.3 Å². The Bertz CT molecular complexity index is 504. The van der Waals surface area contributed by atoms with Gasteiger partial charge in [0.15, 0.2) is 0 Å². The van der Waals surface area contributed by atoms with Gasteiger partial charge in [-0.2, -0.15) is 0 Å². The fourth-order valence-corrected chi connectivity index (χ4v) is 2.05. The number of aromatic nitrogens is 1. The Kier molecular flexibility index (Phi) is 4.36. The third kappa shape index (κ3) is 3.11. The number of piperidine rings is 1. The predicted molar refractivity (Wildman–Crippen MR) is 72.1 cm³/mol. The molecule has 1 aromatic heterocycles. The van der Waals surface area contributed by atoms with Crippen molar-refractivity contribution in [1.82, 2.24) is 9.88 Å². The second-order valence-corrected chi connectivity index (χ2v) is 4.34. The van der Waals surface area contributed by atoms with Crippen molar-refractivity contribution in [2.75, 3.05) is 13.1 Å². The largest absolute Gasteiger partial charge is 0.464 e. The van der Waals surface area contributed by atoms with Gasteiger partial charge in [0.05, 0.1) is 5.52 Å². The SMILES string of the molecule is C1CCNCC1.O=C(O)n1ccc2ccccc21. The summed E-state index contributed by atoms with van der Waals surface area (Å²) in [6.07, 6.45) is 4.82. The van der Waals surface area contributed by atoms with Crippen molar-refractivity contribution >= 4 is 17.0 Å². The van der Waals surface area contributed by atoms with Gasteiger partial charge in [-0.1, -0.05) is 24.6 Å². The van der Waals surface area contributed by atoms with Crippen LogP contribution in [0, 0.1) is 0 Å². The van der Waals surface area contributed by atoms with Crippen molar-refractivity contribution in [3.63, 3.8) is 0 Å². The van der Waals surface area contributed by atoms with Gasteiger partial charge in [-0.05, 0) is 38.1 Å². The maximum atomic E-state index is 10.6. The number of hydrogen-bond donors (Lipinski definition) is 2. The minimum atomic E-state index is -0.948. The third-order valence-electron chi connectivity index (χ3n) is 3.01. The van der Waals surface area contributed by atoms with Crippen LogP contribution in [0.1, 0.15) is 19.3 Å². The maximum Gasteiger partial charge on any atom is 0.415 e. The molecule has 0 aliphatic carbocycles. The lowest BCUT2D eigenvalue weighted by Crippen LogP contribution is -2.21. The minimum Gasteiger partial charge on any atom is -0.464 e. The molecule has 2 heterocycles. The van der Waals surface area contributed by atoms with E-state index in [1.54, 1.807) is 18.3 Å². The Morgan fingerprint density at radius 1 is 1.11 bits per heavy atom. The van der Waals surface area contributed by atoms with Crippen LogP contribution in [0.4, 0.5) is 4.79 Å². The van der Waals surface area contributed by atoms with Gasteiger partial charge in [-0.15, -0.1) is 0 Å². The highest BCUT2D eigenvalue weighted by Crippen LogP contribution is 2.14. The Hall–Kier alpha value is -1.81. The molecule has 0 atom stereocenters. The number of benzene rings is 1. The van der Waals surface area contributed by atoms with Gasteiger partial charge in [0.25, 0.3) is 0 Å². The molecule has 4 nitrogen and oxygen atoms in total. The van der Waals surface area contributed by atoms with E-state index in [0.29, 0.717) is 0 Å². The van der Waals surface area contributed by atoms with E-state index in [9.17, 15) is 4.79 Å². The summed E-state index contributed by atoms with van der Waals surface area (Å²) in [5, 5.41) is 13.0. The minimum absolute atomic E-state index is 0.727. The van der Waals surface area contributed by atoms with E-state index in [-0.39, 0.29) is 0 Å². The molecule has 1 aliphatic rings. The number of para-hydroxylation sites is 1. The number of carbonyl (C=O) groups is 1. The lowest BCUT2D eigenvalue weighted by atomic mass is 10.2. The van der Waals surface area contributed by atoms with Crippen molar-refractivity contribution in [2.24, 2.45) is 0 Å². The smallest absolute Gasteiger partial charge is 0.415 e. The zero-order valence-corrected chi connectivity index (χ0v) is 10.3. The summed E-state index contributed by atoms with van der Waals surface area (Å²) in [4.78, 5) is 10.6. The first-order chi connectivity index (χ1) is 8.79. The molecule has 1 aromatic carbocycles. The summed E-state index contributed by atoms with van der Waals surface area (Å²) < 4.78 is 1.20. The molecule has 0 amide bonds. The molecule has 4 heteroatoms. The number of fused-ring (bicyclic) bond motifs is 1. The van der Waals surface area contributed by atoms with Crippen LogP contribution in [-0.2, 0) is 0 Å². The number of nitrogens with one attached hydrogen (secondary N) is 1. The van der Waals surface area contributed by atoms with Gasteiger partial charge in [-0.3, -0.25) is 4.57 Å². The first kappa shape index (κ1) is 12.6. The summed E-state index contributed by atoms with van der Waals surface area (Å²) in [6.45, 7) is 2.50. The monoisotopic (exact) mass is 246 g/mol. The van der Waals surface area contributed by atoms with Crippen LogP contribution in [0.3, 0.4) is 0 Å². The molecule has 0 unspecified atom stereocenters. The average Bonchev–Trinajstić information content (AvgIpc) is 2.85. The molecule has 96 valence electrons. The van der Waals surface area contributed by atoms with Crippen LogP contribution in [0.2, 0.25) is 0 Å². The fourth-order valence-electron chi connectivity index (χ4n) is 2.05. The van der Waals surface area contributed by atoms with Crippen LogP contribution in [-0.4, -0.2) is 28.9 Å². The van der Waals surface area contributed by atoms with Crippen molar-refractivity contribution in [1.29, 1.82) is 0 Å². The molecule has 1 aliphatic heterocycles. The van der Waals surface area contributed by atoms with E-state index >= 15 is 0 Å². The molecule has 0 spiro atoms. The molecule has 1 saturated heterocycles. The molecule has 0 radical (unpaired) electrons. The Balaban J connectivity index is 0.000000169. The van der Waals surface area contributed by atoms with Gasteiger partial charge in [-0.25, -0.2) is 4.79 Å². The highest BCUT2D eigenvalue weighted by Gasteiger charge is 2.04. The first-order valence-corrected chi connectivity index (χ1v) is 6.29. The highest BCUT2D eigenvalue weighted by molar-refractivity contribution is 5.88. The van der Waals surface area contributed by atoms with Crippen molar-refractivity contribution in [3.8, 4) is 0 Å². The summed E-state index contributed by atoms with van der Waals surface area (Å²) in [7, 11) is 0. The van der Waals surface area contributed by atoms with Crippen molar-refractivity contribution in [3.05, 3.63) is 36.5 Å². The lowest BCUT2D eigenvalue weighted by Gasteiger charge is -2.08. The molecule has 0 saturated carbocycles. The van der Waals surface area contributed by atoms with Crippen LogP contribution in [0.5, 0.6) is 0 Å². The molecule has 2 aromatic rings. The summed E-state index contributed by atoms with van der Waals surface area (Å²) in [5.41, 5.74) is 0.727. The van der Waals surface area contributed by atoms with E-state index in [0.717, 1.165) is 10.9 Å². The molecule has 18 heavy (non-hydrogen) atoms. The second-order valence-electron chi connectivity index (χ2n) is 4.34. The molecule has 0 bridgehead atoms. The van der Waals surface area contributed by atoms with E-state index in [1.807, 2.05) is 18.2 Å². The topological polar surface area (TPSA) is 54.3 Å². The average molecular weight is 246 g/mol. The predicted octanol–water partition coefficient (Wildman–Crippen LogP) is 2.93. The number of hydrogen-bond acceptors (Lipinski definition) is 2.